The molecule has 0 radical (unpaired) electrons. The molecule has 0 atom stereocenters. The number of esters is 2. The van der Waals surface area contributed by atoms with Gasteiger partial charge in [-0.1, -0.05) is 39.5 Å². The Balaban J connectivity index is 3.41. The van der Waals surface area contributed by atoms with Gasteiger partial charge in [0.2, 0.25) is 0 Å². The fourth-order valence-electron chi connectivity index (χ4n) is 1.27. The SMILES string of the molecule is CCCCCCOC(=O)CC(=O)OCCCC. The number of hydrogen-bond acceptors (Lipinski definition) is 4. The van der Waals surface area contributed by atoms with Gasteiger partial charge in [0.25, 0.3) is 0 Å². The summed E-state index contributed by atoms with van der Waals surface area (Å²) in [5.41, 5.74) is 0. The molecule has 4 nitrogen and oxygen atoms in total. The van der Waals surface area contributed by atoms with E-state index in [1.54, 1.807) is 0 Å². The molecular formula is C13H24O4. The molecule has 0 amide bonds. The first-order valence-corrected chi connectivity index (χ1v) is 6.52. The van der Waals surface area contributed by atoms with Crippen molar-refractivity contribution in [2.75, 3.05) is 13.2 Å². The Labute approximate surface area is 104 Å². The zero-order chi connectivity index (χ0) is 12.9. The maximum atomic E-state index is 11.2. The quantitative estimate of drug-likeness (QED) is 0.337. The Kier molecular flexibility index (Phi) is 10.7. The van der Waals surface area contributed by atoms with Crippen molar-refractivity contribution in [2.45, 2.75) is 58.8 Å². The van der Waals surface area contributed by atoms with E-state index in [1.807, 2.05) is 6.92 Å². The Morgan fingerprint density at radius 2 is 1.29 bits per heavy atom. The van der Waals surface area contributed by atoms with Gasteiger partial charge in [-0.25, -0.2) is 0 Å². The van der Waals surface area contributed by atoms with Crippen LogP contribution in [0.5, 0.6) is 0 Å². The summed E-state index contributed by atoms with van der Waals surface area (Å²) < 4.78 is 9.78. The lowest BCUT2D eigenvalue weighted by Gasteiger charge is -2.05. The smallest absolute Gasteiger partial charge is 0.317 e. The van der Waals surface area contributed by atoms with Gasteiger partial charge in [-0.05, 0) is 12.8 Å². The average Bonchev–Trinajstić information content (AvgIpc) is 2.29. The second kappa shape index (κ2) is 11.4. The third-order valence-electron chi connectivity index (χ3n) is 2.31. The van der Waals surface area contributed by atoms with E-state index in [-0.39, 0.29) is 6.42 Å². The molecule has 0 bridgehead atoms. The number of carbonyl (C=O) groups excluding carboxylic acids is 2. The summed E-state index contributed by atoms with van der Waals surface area (Å²) in [6.45, 7) is 4.93. The van der Waals surface area contributed by atoms with Crippen molar-refractivity contribution in [1.82, 2.24) is 0 Å². The molecule has 4 heteroatoms. The van der Waals surface area contributed by atoms with Crippen molar-refractivity contribution >= 4 is 11.9 Å². The van der Waals surface area contributed by atoms with Crippen molar-refractivity contribution in [3.63, 3.8) is 0 Å². The van der Waals surface area contributed by atoms with Gasteiger partial charge in [-0.3, -0.25) is 9.59 Å². The van der Waals surface area contributed by atoms with Gasteiger partial charge >= 0.3 is 11.9 Å². The van der Waals surface area contributed by atoms with Crippen LogP contribution in [0.1, 0.15) is 58.8 Å². The van der Waals surface area contributed by atoms with Gasteiger partial charge in [0, 0.05) is 0 Å². The lowest BCUT2D eigenvalue weighted by atomic mass is 10.2. The van der Waals surface area contributed by atoms with Gasteiger partial charge in [0.05, 0.1) is 13.2 Å². The van der Waals surface area contributed by atoms with Crippen LogP contribution >= 0.6 is 0 Å². The molecule has 0 aromatic carbocycles. The second-order valence-corrected chi connectivity index (χ2v) is 4.03. The largest absolute Gasteiger partial charge is 0.465 e. The van der Waals surface area contributed by atoms with Crippen LogP contribution in [-0.4, -0.2) is 25.2 Å². The molecule has 0 aromatic heterocycles. The molecule has 0 saturated carbocycles. The first kappa shape index (κ1) is 15.9. The lowest BCUT2D eigenvalue weighted by Crippen LogP contribution is -2.14. The molecule has 0 fully saturated rings. The number of carbonyl (C=O) groups is 2. The van der Waals surface area contributed by atoms with Crippen LogP contribution in [0, 0.1) is 0 Å². The molecule has 100 valence electrons. The van der Waals surface area contributed by atoms with E-state index in [0.717, 1.165) is 38.5 Å². The van der Waals surface area contributed by atoms with Crippen LogP contribution < -0.4 is 0 Å². The van der Waals surface area contributed by atoms with E-state index in [0.29, 0.717) is 13.2 Å². The summed E-state index contributed by atoms with van der Waals surface area (Å²) in [5, 5.41) is 0. The van der Waals surface area contributed by atoms with E-state index in [1.165, 1.54) is 0 Å². The Morgan fingerprint density at radius 3 is 1.82 bits per heavy atom. The van der Waals surface area contributed by atoms with Crippen molar-refractivity contribution in [1.29, 1.82) is 0 Å². The summed E-state index contributed by atoms with van der Waals surface area (Å²) in [5.74, 6) is -0.972. The van der Waals surface area contributed by atoms with Crippen molar-refractivity contribution in [2.24, 2.45) is 0 Å². The second-order valence-electron chi connectivity index (χ2n) is 4.03. The Morgan fingerprint density at radius 1 is 0.765 bits per heavy atom. The summed E-state index contributed by atoms with van der Waals surface area (Å²) in [6.07, 6.45) is 5.76. The highest BCUT2D eigenvalue weighted by atomic mass is 16.6. The Hall–Kier alpha value is -1.06. The summed E-state index contributed by atoms with van der Waals surface area (Å²) in [7, 11) is 0. The van der Waals surface area contributed by atoms with Crippen molar-refractivity contribution < 1.29 is 19.1 Å². The molecular weight excluding hydrogens is 220 g/mol. The molecule has 17 heavy (non-hydrogen) atoms. The minimum Gasteiger partial charge on any atom is -0.465 e. The minimum absolute atomic E-state index is 0.266. The van der Waals surface area contributed by atoms with Gasteiger partial charge in [-0.2, -0.15) is 0 Å². The first-order valence-electron chi connectivity index (χ1n) is 6.52. The van der Waals surface area contributed by atoms with Crippen LogP contribution in [0.15, 0.2) is 0 Å². The minimum atomic E-state index is -0.489. The normalized spacial score (nSPS) is 10.0. The zero-order valence-electron chi connectivity index (χ0n) is 11.0. The van der Waals surface area contributed by atoms with Gasteiger partial charge in [-0.15, -0.1) is 0 Å². The van der Waals surface area contributed by atoms with E-state index in [2.05, 4.69) is 6.92 Å². The topological polar surface area (TPSA) is 52.6 Å². The third kappa shape index (κ3) is 11.2. The van der Waals surface area contributed by atoms with Crippen LogP contribution in [0.25, 0.3) is 0 Å². The number of unbranched alkanes of at least 4 members (excludes halogenated alkanes) is 4. The lowest BCUT2D eigenvalue weighted by molar-refractivity contribution is -0.154. The monoisotopic (exact) mass is 244 g/mol. The molecule has 0 aliphatic rings. The first-order chi connectivity index (χ1) is 8.20. The number of ether oxygens (including phenoxy) is 2. The molecule has 0 saturated heterocycles. The van der Waals surface area contributed by atoms with E-state index in [4.69, 9.17) is 9.47 Å². The van der Waals surface area contributed by atoms with E-state index in [9.17, 15) is 9.59 Å². The third-order valence-corrected chi connectivity index (χ3v) is 2.31. The van der Waals surface area contributed by atoms with E-state index < -0.39 is 11.9 Å². The molecule has 0 aliphatic heterocycles. The maximum absolute atomic E-state index is 11.2. The standard InChI is InChI=1S/C13H24O4/c1-3-5-7-8-10-17-13(15)11-12(14)16-9-6-4-2/h3-11H2,1-2H3. The van der Waals surface area contributed by atoms with Crippen LogP contribution in [0.3, 0.4) is 0 Å². The molecule has 0 unspecified atom stereocenters. The fraction of sp³-hybridized carbons (Fsp3) is 0.846. The molecule has 0 aromatic rings. The van der Waals surface area contributed by atoms with Gasteiger partial charge in [0.1, 0.15) is 6.42 Å². The van der Waals surface area contributed by atoms with Crippen LogP contribution in [0.2, 0.25) is 0 Å². The molecule has 0 N–H and O–H groups in total. The van der Waals surface area contributed by atoms with E-state index >= 15 is 0 Å². The highest BCUT2D eigenvalue weighted by molar-refractivity contribution is 5.91. The number of rotatable bonds is 10. The maximum Gasteiger partial charge on any atom is 0.317 e. The highest BCUT2D eigenvalue weighted by Crippen LogP contribution is 2.00. The van der Waals surface area contributed by atoms with Gasteiger partial charge < -0.3 is 9.47 Å². The summed E-state index contributed by atoms with van der Waals surface area (Å²) >= 11 is 0. The summed E-state index contributed by atoms with van der Waals surface area (Å²) in [6, 6.07) is 0. The summed E-state index contributed by atoms with van der Waals surface area (Å²) in [4.78, 5) is 22.3. The van der Waals surface area contributed by atoms with Crippen molar-refractivity contribution in [3.8, 4) is 0 Å². The van der Waals surface area contributed by atoms with Gasteiger partial charge in [0.15, 0.2) is 0 Å². The van der Waals surface area contributed by atoms with Crippen LogP contribution in [0.4, 0.5) is 0 Å². The van der Waals surface area contributed by atoms with Crippen LogP contribution in [-0.2, 0) is 19.1 Å². The molecule has 0 aliphatic carbocycles. The fourth-order valence-corrected chi connectivity index (χ4v) is 1.27. The molecule has 0 heterocycles. The number of hydrogen-bond donors (Lipinski definition) is 0. The Bertz CT molecular complexity index is 213. The molecule has 0 rings (SSSR count). The zero-order valence-corrected chi connectivity index (χ0v) is 11.0. The van der Waals surface area contributed by atoms with Crippen molar-refractivity contribution in [3.05, 3.63) is 0 Å². The predicted octanol–water partition coefficient (Wildman–Crippen LogP) is 2.84. The molecule has 0 spiro atoms. The predicted molar refractivity (Wildman–Crippen MR) is 65.6 cm³/mol. The average molecular weight is 244 g/mol. The highest BCUT2D eigenvalue weighted by Gasteiger charge is 2.11.